The van der Waals surface area contributed by atoms with Crippen molar-refractivity contribution in [2.24, 2.45) is 5.92 Å². The summed E-state index contributed by atoms with van der Waals surface area (Å²) in [4.78, 5) is 1.54. The number of rotatable bonds is 4. The second-order valence-electron chi connectivity index (χ2n) is 3.09. The molecule has 2 heteroatoms. The van der Waals surface area contributed by atoms with E-state index >= 15 is 0 Å². The topological polar surface area (TPSA) is 12.0 Å². The van der Waals surface area contributed by atoms with Crippen LogP contribution < -0.4 is 5.32 Å². The average molecular weight is 183 g/mol. The lowest BCUT2D eigenvalue weighted by molar-refractivity contribution is 0.580. The summed E-state index contributed by atoms with van der Waals surface area (Å²) in [6, 6.07) is 0. The average Bonchev–Trinajstić information content (AvgIpc) is 2.47. The highest BCUT2D eigenvalue weighted by molar-refractivity contribution is 8.02. The number of nitrogens with one attached hydrogen (secondary N) is 1. The van der Waals surface area contributed by atoms with Gasteiger partial charge < -0.3 is 5.32 Å². The van der Waals surface area contributed by atoms with Crippen LogP contribution in [0.15, 0.2) is 23.1 Å². The minimum atomic E-state index is 0.734. The van der Waals surface area contributed by atoms with Crippen LogP contribution in [0, 0.1) is 5.92 Å². The van der Waals surface area contributed by atoms with Crippen LogP contribution in [0.5, 0.6) is 0 Å². The quantitative estimate of drug-likeness (QED) is 0.718. The lowest BCUT2D eigenvalue weighted by Crippen LogP contribution is -2.17. The molecule has 0 saturated carbocycles. The summed E-state index contributed by atoms with van der Waals surface area (Å²) in [5, 5.41) is 3.24. The fraction of sp³-hybridized carbons (Fsp3) is 0.600. The predicted molar refractivity (Wildman–Crippen MR) is 57.4 cm³/mol. The highest BCUT2D eigenvalue weighted by Crippen LogP contribution is 2.38. The first-order valence-electron chi connectivity index (χ1n) is 4.37. The first-order chi connectivity index (χ1) is 5.83. The van der Waals surface area contributed by atoms with Crippen molar-refractivity contribution >= 4 is 11.8 Å². The summed E-state index contributed by atoms with van der Waals surface area (Å²) in [5.41, 5.74) is 1.46. The smallest absolute Gasteiger partial charge is 0.00290 e. The third kappa shape index (κ3) is 1.93. The van der Waals surface area contributed by atoms with Crippen LogP contribution in [-0.4, -0.2) is 19.8 Å². The monoisotopic (exact) mass is 183 g/mol. The molecule has 0 saturated heterocycles. The van der Waals surface area contributed by atoms with Crippen LogP contribution in [0.4, 0.5) is 0 Å². The SMILES string of the molecule is C=CC1=C(SC)[C@@H](CNC)CC1. The largest absolute Gasteiger partial charge is 0.319 e. The van der Waals surface area contributed by atoms with Crippen LogP contribution >= 0.6 is 11.8 Å². The Balaban J connectivity index is 2.69. The molecular formula is C10H17NS. The van der Waals surface area contributed by atoms with Gasteiger partial charge in [0.05, 0.1) is 0 Å². The van der Waals surface area contributed by atoms with Crippen molar-refractivity contribution < 1.29 is 0 Å². The van der Waals surface area contributed by atoms with Gasteiger partial charge in [-0.15, -0.1) is 11.8 Å². The van der Waals surface area contributed by atoms with Gasteiger partial charge in [0.25, 0.3) is 0 Å². The van der Waals surface area contributed by atoms with Gasteiger partial charge in [-0.1, -0.05) is 12.7 Å². The van der Waals surface area contributed by atoms with E-state index in [0.29, 0.717) is 0 Å². The molecule has 0 unspecified atom stereocenters. The Hall–Kier alpha value is -0.210. The van der Waals surface area contributed by atoms with Gasteiger partial charge in [-0.2, -0.15) is 0 Å². The molecule has 0 bridgehead atoms. The zero-order valence-corrected chi connectivity index (χ0v) is 8.71. The van der Waals surface area contributed by atoms with Crippen LogP contribution in [0.2, 0.25) is 0 Å². The summed E-state index contributed by atoms with van der Waals surface area (Å²) in [5.74, 6) is 0.734. The molecular weight excluding hydrogens is 166 g/mol. The Morgan fingerprint density at radius 3 is 3.00 bits per heavy atom. The highest BCUT2D eigenvalue weighted by Gasteiger charge is 2.22. The summed E-state index contributed by atoms with van der Waals surface area (Å²) in [7, 11) is 2.02. The molecule has 0 aromatic carbocycles. The van der Waals surface area contributed by atoms with Crippen molar-refractivity contribution in [2.75, 3.05) is 19.8 Å². The van der Waals surface area contributed by atoms with E-state index < -0.39 is 0 Å². The predicted octanol–water partition coefficient (Wildman–Crippen LogP) is 2.42. The standard InChI is InChI=1S/C10H17NS/c1-4-8-5-6-9(7-11-2)10(8)12-3/h4,9,11H,1,5-7H2,2-3H3/t9-/m1/s1. The van der Waals surface area contributed by atoms with Gasteiger partial charge in [-0.3, -0.25) is 0 Å². The fourth-order valence-corrected chi connectivity index (χ4v) is 2.77. The lowest BCUT2D eigenvalue weighted by atomic mass is 10.1. The number of thioether (sulfide) groups is 1. The summed E-state index contributed by atoms with van der Waals surface area (Å²) in [6.07, 6.45) is 6.68. The third-order valence-electron chi connectivity index (χ3n) is 2.37. The molecule has 12 heavy (non-hydrogen) atoms. The molecule has 1 nitrogen and oxygen atoms in total. The molecule has 0 aromatic rings. The van der Waals surface area contributed by atoms with Gasteiger partial charge in [-0.05, 0) is 36.6 Å². The molecule has 0 heterocycles. The maximum atomic E-state index is 3.84. The molecule has 0 radical (unpaired) electrons. The van der Waals surface area contributed by atoms with E-state index in [1.165, 1.54) is 18.4 Å². The van der Waals surface area contributed by atoms with Crippen molar-refractivity contribution in [1.29, 1.82) is 0 Å². The second kappa shape index (κ2) is 4.73. The minimum absolute atomic E-state index is 0.734. The van der Waals surface area contributed by atoms with Gasteiger partial charge in [0, 0.05) is 12.5 Å². The molecule has 1 aliphatic rings. The lowest BCUT2D eigenvalue weighted by Gasteiger charge is -2.11. The van der Waals surface area contributed by atoms with Crippen LogP contribution in [0.3, 0.4) is 0 Å². The summed E-state index contributed by atoms with van der Waals surface area (Å²) in [6.45, 7) is 4.95. The van der Waals surface area contributed by atoms with Gasteiger partial charge in [-0.25, -0.2) is 0 Å². The Labute approximate surface area is 79.3 Å². The van der Waals surface area contributed by atoms with E-state index in [2.05, 4.69) is 18.2 Å². The second-order valence-corrected chi connectivity index (χ2v) is 3.94. The van der Waals surface area contributed by atoms with Crippen molar-refractivity contribution in [3.8, 4) is 0 Å². The Morgan fingerprint density at radius 1 is 1.75 bits per heavy atom. The fourth-order valence-electron chi connectivity index (χ4n) is 1.79. The first-order valence-corrected chi connectivity index (χ1v) is 5.60. The minimum Gasteiger partial charge on any atom is -0.319 e. The van der Waals surface area contributed by atoms with Crippen molar-refractivity contribution in [3.05, 3.63) is 23.1 Å². The normalized spacial score (nSPS) is 23.3. The van der Waals surface area contributed by atoms with Gasteiger partial charge >= 0.3 is 0 Å². The maximum Gasteiger partial charge on any atom is 0.00290 e. The van der Waals surface area contributed by atoms with Gasteiger partial charge in [0.15, 0.2) is 0 Å². The van der Waals surface area contributed by atoms with Gasteiger partial charge in [0.1, 0.15) is 0 Å². The third-order valence-corrected chi connectivity index (χ3v) is 3.40. The molecule has 1 atom stereocenters. The molecule has 0 amide bonds. The number of hydrogen-bond donors (Lipinski definition) is 1. The van der Waals surface area contributed by atoms with Crippen molar-refractivity contribution in [1.82, 2.24) is 5.32 Å². The highest BCUT2D eigenvalue weighted by atomic mass is 32.2. The molecule has 0 spiro atoms. The summed E-state index contributed by atoms with van der Waals surface area (Å²) < 4.78 is 0. The Bertz CT molecular complexity index is 196. The van der Waals surface area contributed by atoms with E-state index in [9.17, 15) is 0 Å². The van der Waals surface area contributed by atoms with E-state index in [1.54, 1.807) is 4.91 Å². The van der Waals surface area contributed by atoms with E-state index in [4.69, 9.17) is 0 Å². The van der Waals surface area contributed by atoms with Gasteiger partial charge in [0.2, 0.25) is 0 Å². The molecule has 0 fully saturated rings. The maximum absolute atomic E-state index is 3.84. The molecule has 68 valence electrons. The molecule has 1 aliphatic carbocycles. The van der Waals surface area contributed by atoms with E-state index in [1.807, 2.05) is 24.9 Å². The molecule has 0 aliphatic heterocycles. The van der Waals surface area contributed by atoms with Crippen LogP contribution in [0.1, 0.15) is 12.8 Å². The summed E-state index contributed by atoms with van der Waals surface area (Å²) >= 11 is 1.88. The Morgan fingerprint density at radius 2 is 2.50 bits per heavy atom. The van der Waals surface area contributed by atoms with Crippen LogP contribution in [0.25, 0.3) is 0 Å². The van der Waals surface area contributed by atoms with Crippen molar-refractivity contribution in [2.45, 2.75) is 12.8 Å². The number of allylic oxidation sites excluding steroid dienone is 2. The zero-order valence-electron chi connectivity index (χ0n) is 7.89. The molecule has 1 rings (SSSR count). The number of hydrogen-bond acceptors (Lipinski definition) is 2. The zero-order chi connectivity index (χ0) is 8.97. The first kappa shape index (κ1) is 9.87. The Kier molecular flexibility index (Phi) is 3.89. The van der Waals surface area contributed by atoms with E-state index in [-0.39, 0.29) is 0 Å². The van der Waals surface area contributed by atoms with Crippen LogP contribution in [-0.2, 0) is 0 Å². The van der Waals surface area contributed by atoms with Crippen molar-refractivity contribution in [3.63, 3.8) is 0 Å². The molecule has 0 aromatic heterocycles. The molecule has 1 N–H and O–H groups in total. The van der Waals surface area contributed by atoms with E-state index in [0.717, 1.165) is 12.5 Å².